The second kappa shape index (κ2) is 8.13. The summed E-state index contributed by atoms with van der Waals surface area (Å²) in [6, 6.07) is 3.91. The lowest BCUT2D eigenvalue weighted by atomic mass is 9.92. The van der Waals surface area contributed by atoms with Crippen molar-refractivity contribution in [3.05, 3.63) is 53.6 Å². The van der Waals surface area contributed by atoms with E-state index in [1.165, 1.54) is 25.3 Å². The molecule has 2 atom stereocenters. The molecule has 156 valence electrons. The Hall–Kier alpha value is -3.43. The van der Waals surface area contributed by atoms with Gasteiger partial charge in [-0.25, -0.2) is 18.7 Å². The van der Waals surface area contributed by atoms with Crippen molar-refractivity contribution in [1.82, 2.24) is 25.0 Å². The number of hydrogen-bond donors (Lipinski definition) is 0. The molecule has 0 bridgehead atoms. The number of carbonyl (C=O) groups excluding carboxylic acids is 1. The molecule has 3 aromatic rings. The average molecular weight is 415 g/mol. The van der Waals surface area contributed by atoms with Gasteiger partial charge in [-0.2, -0.15) is 4.98 Å². The lowest BCUT2D eigenvalue weighted by molar-refractivity contribution is 0.0599. The minimum Gasteiger partial charge on any atom is -0.481 e. The number of hydrogen-bond acceptors (Lipinski definition) is 7. The van der Waals surface area contributed by atoms with Gasteiger partial charge in [-0.1, -0.05) is 5.16 Å². The van der Waals surface area contributed by atoms with Crippen LogP contribution in [-0.2, 0) is 0 Å². The predicted octanol–water partition coefficient (Wildman–Crippen LogP) is 3.22. The largest absolute Gasteiger partial charge is 0.481 e. The number of ether oxygens (including phenoxy) is 1. The van der Waals surface area contributed by atoms with E-state index in [0.717, 1.165) is 18.8 Å². The highest BCUT2D eigenvalue weighted by Crippen LogP contribution is 2.31. The predicted molar refractivity (Wildman–Crippen MR) is 101 cm³/mol. The normalized spacial score (nSPS) is 19.0. The van der Waals surface area contributed by atoms with Gasteiger partial charge in [0.1, 0.15) is 11.5 Å². The van der Waals surface area contributed by atoms with Crippen LogP contribution in [0.4, 0.5) is 8.78 Å². The second-order valence-corrected chi connectivity index (χ2v) is 7.11. The minimum atomic E-state index is -0.709. The fourth-order valence-corrected chi connectivity index (χ4v) is 3.46. The molecule has 0 saturated carbocycles. The molecule has 1 amide bonds. The van der Waals surface area contributed by atoms with E-state index in [2.05, 4.69) is 20.1 Å². The Labute approximate surface area is 170 Å². The van der Waals surface area contributed by atoms with Crippen LogP contribution < -0.4 is 4.74 Å². The number of halogens is 2. The third-order valence-corrected chi connectivity index (χ3v) is 5.17. The second-order valence-electron chi connectivity index (χ2n) is 7.11. The van der Waals surface area contributed by atoms with Crippen molar-refractivity contribution in [1.29, 1.82) is 0 Å². The standard InChI is InChI=1S/C20H19F2N5O3/c1-11-3-4-12(18-25-19(30-26-18)16-6-5-13(21)8-23-16)10-27(11)20(28)14-7-17(29-2)24-9-15(14)22/h5-9,11-12H,3-4,10H2,1-2H3. The summed E-state index contributed by atoms with van der Waals surface area (Å²) < 4.78 is 37.6. The summed E-state index contributed by atoms with van der Waals surface area (Å²) in [6.45, 7) is 2.22. The van der Waals surface area contributed by atoms with Gasteiger partial charge < -0.3 is 14.2 Å². The van der Waals surface area contributed by atoms with Crippen LogP contribution in [0.3, 0.4) is 0 Å². The Morgan fingerprint density at radius 3 is 2.80 bits per heavy atom. The first kappa shape index (κ1) is 19.9. The first-order valence-electron chi connectivity index (χ1n) is 9.42. The molecule has 1 saturated heterocycles. The molecule has 30 heavy (non-hydrogen) atoms. The highest BCUT2D eigenvalue weighted by Gasteiger charge is 2.34. The highest BCUT2D eigenvalue weighted by molar-refractivity contribution is 5.95. The summed E-state index contributed by atoms with van der Waals surface area (Å²) in [5.74, 6) is -1.05. The lowest BCUT2D eigenvalue weighted by Crippen LogP contribution is -2.45. The fraction of sp³-hybridized carbons (Fsp3) is 0.350. The van der Waals surface area contributed by atoms with Crippen LogP contribution in [-0.4, -0.2) is 50.6 Å². The van der Waals surface area contributed by atoms with Crippen LogP contribution in [0, 0.1) is 11.6 Å². The van der Waals surface area contributed by atoms with E-state index in [1.807, 2.05) is 6.92 Å². The lowest BCUT2D eigenvalue weighted by Gasteiger charge is -2.37. The molecular formula is C20H19F2N5O3. The highest BCUT2D eigenvalue weighted by atomic mass is 19.1. The van der Waals surface area contributed by atoms with Gasteiger partial charge in [-0.15, -0.1) is 0 Å². The fourth-order valence-electron chi connectivity index (χ4n) is 3.46. The topological polar surface area (TPSA) is 94.2 Å². The van der Waals surface area contributed by atoms with Gasteiger partial charge >= 0.3 is 0 Å². The van der Waals surface area contributed by atoms with Gasteiger partial charge in [0.15, 0.2) is 11.6 Å². The quantitative estimate of drug-likeness (QED) is 0.646. The molecule has 1 aliphatic heterocycles. The van der Waals surface area contributed by atoms with Crippen molar-refractivity contribution in [3.8, 4) is 17.5 Å². The molecule has 1 aliphatic rings. The number of likely N-dealkylation sites (tertiary alicyclic amines) is 1. The molecule has 8 nitrogen and oxygen atoms in total. The smallest absolute Gasteiger partial charge is 0.276 e. The average Bonchev–Trinajstić information content (AvgIpc) is 3.25. The molecule has 0 N–H and O–H groups in total. The molecule has 0 aromatic carbocycles. The van der Waals surface area contributed by atoms with E-state index >= 15 is 0 Å². The molecule has 10 heteroatoms. The first-order chi connectivity index (χ1) is 14.5. The summed E-state index contributed by atoms with van der Waals surface area (Å²) in [4.78, 5) is 26.7. The zero-order chi connectivity index (χ0) is 21.3. The monoisotopic (exact) mass is 415 g/mol. The third kappa shape index (κ3) is 3.85. The SMILES string of the molecule is COc1cc(C(=O)N2CC(c3noc(-c4ccc(F)cn4)n3)CCC2C)c(F)cn1. The van der Waals surface area contributed by atoms with Crippen molar-refractivity contribution in [2.75, 3.05) is 13.7 Å². The number of amides is 1. The molecule has 2 unspecified atom stereocenters. The molecule has 4 heterocycles. The molecule has 3 aromatic heterocycles. The van der Waals surface area contributed by atoms with Gasteiger partial charge in [0.2, 0.25) is 5.88 Å². The zero-order valence-corrected chi connectivity index (χ0v) is 16.4. The Bertz CT molecular complexity index is 1060. The Balaban J connectivity index is 1.55. The van der Waals surface area contributed by atoms with Crippen molar-refractivity contribution in [2.45, 2.75) is 31.7 Å². The minimum absolute atomic E-state index is 0.0857. The van der Waals surface area contributed by atoms with Crippen LogP contribution >= 0.6 is 0 Å². The van der Waals surface area contributed by atoms with Crippen LogP contribution in [0.5, 0.6) is 5.88 Å². The number of carbonyl (C=O) groups is 1. The van der Waals surface area contributed by atoms with E-state index < -0.39 is 17.5 Å². The summed E-state index contributed by atoms with van der Waals surface area (Å²) in [5, 5.41) is 4.01. The summed E-state index contributed by atoms with van der Waals surface area (Å²) in [6.07, 6.45) is 3.47. The molecule has 0 aliphatic carbocycles. The van der Waals surface area contributed by atoms with E-state index in [-0.39, 0.29) is 29.3 Å². The van der Waals surface area contributed by atoms with Gasteiger partial charge in [-0.05, 0) is 31.9 Å². The zero-order valence-electron chi connectivity index (χ0n) is 16.4. The number of pyridine rings is 2. The molecule has 0 spiro atoms. The maximum Gasteiger partial charge on any atom is 0.276 e. The summed E-state index contributed by atoms with van der Waals surface area (Å²) in [5.41, 5.74) is 0.261. The van der Waals surface area contributed by atoms with Crippen molar-refractivity contribution in [3.63, 3.8) is 0 Å². The van der Waals surface area contributed by atoms with Gasteiger partial charge in [0.25, 0.3) is 11.8 Å². The Morgan fingerprint density at radius 1 is 1.23 bits per heavy atom. The third-order valence-electron chi connectivity index (χ3n) is 5.17. The maximum atomic E-state index is 14.2. The molecule has 1 fully saturated rings. The Morgan fingerprint density at radius 2 is 2.07 bits per heavy atom. The molecule has 4 rings (SSSR count). The van der Waals surface area contributed by atoms with Gasteiger partial charge in [0.05, 0.1) is 25.1 Å². The molecular weight excluding hydrogens is 396 g/mol. The summed E-state index contributed by atoms with van der Waals surface area (Å²) >= 11 is 0. The number of piperidine rings is 1. The van der Waals surface area contributed by atoms with Crippen LogP contribution in [0.15, 0.2) is 35.1 Å². The number of methoxy groups -OCH3 is 1. The Kier molecular flexibility index (Phi) is 5.39. The van der Waals surface area contributed by atoms with Crippen molar-refractivity contribution >= 4 is 5.91 Å². The number of aromatic nitrogens is 4. The van der Waals surface area contributed by atoms with Crippen LogP contribution in [0.2, 0.25) is 0 Å². The van der Waals surface area contributed by atoms with E-state index in [9.17, 15) is 13.6 Å². The first-order valence-corrected chi connectivity index (χ1v) is 9.42. The van der Waals surface area contributed by atoms with E-state index in [1.54, 1.807) is 4.90 Å². The van der Waals surface area contributed by atoms with Crippen molar-refractivity contribution < 1.29 is 22.8 Å². The molecule has 0 radical (unpaired) electrons. The van der Waals surface area contributed by atoms with Crippen LogP contribution in [0.1, 0.15) is 41.9 Å². The number of nitrogens with zero attached hydrogens (tertiary/aromatic N) is 5. The van der Waals surface area contributed by atoms with E-state index in [0.29, 0.717) is 24.5 Å². The van der Waals surface area contributed by atoms with Gasteiger partial charge in [-0.3, -0.25) is 4.79 Å². The van der Waals surface area contributed by atoms with E-state index in [4.69, 9.17) is 9.26 Å². The maximum absolute atomic E-state index is 14.2. The van der Waals surface area contributed by atoms with Crippen LogP contribution in [0.25, 0.3) is 11.6 Å². The van der Waals surface area contributed by atoms with Crippen molar-refractivity contribution in [2.24, 2.45) is 0 Å². The summed E-state index contributed by atoms with van der Waals surface area (Å²) in [7, 11) is 1.40. The van der Waals surface area contributed by atoms with Gasteiger partial charge in [0, 0.05) is 24.6 Å². The number of rotatable bonds is 4.